The van der Waals surface area contributed by atoms with Gasteiger partial charge in [-0.2, -0.15) is 13.2 Å². The molecule has 4 heterocycles. The average molecular weight is 450 g/mol. The number of aromatic amines is 1. The molecule has 1 saturated heterocycles. The number of carbonyl (C=O) groups is 1. The number of rotatable bonds is 3. The minimum atomic E-state index is -4.35. The van der Waals surface area contributed by atoms with Crippen LogP contribution in [0, 0.1) is 5.41 Å². The van der Waals surface area contributed by atoms with Gasteiger partial charge in [-0.25, -0.2) is 9.97 Å². The van der Waals surface area contributed by atoms with Crippen molar-refractivity contribution in [2.75, 3.05) is 13.1 Å². The molecule has 1 unspecified atom stereocenters. The molecule has 5 nitrogen and oxygen atoms in total. The van der Waals surface area contributed by atoms with E-state index in [-0.39, 0.29) is 25.2 Å². The van der Waals surface area contributed by atoms with Gasteiger partial charge >= 0.3 is 6.18 Å². The van der Waals surface area contributed by atoms with Crippen molar-refractivity contribution in [3.63, 3.8) is 0 Å². The van der Waals surface area contributed by atoms with Crippen molar-refractivity contribution in [2.45, 2.75) is 19.5 Å². The normalized spacial score (nSPS) is 18.7. The predicted molar refractivity (Wildman–Crippen MR) is 119 cm³/mol. The minimum absolute atomic E-state index is 0.0554. The lowest BCUT2D eigenvalue weighted by atomic mass is 9.89. The van der Waals surface area contributed by atoms with Crippen LogP contribution in [-0.2, 0) is 0 Å². The number of nitrogens with zero attached hydrogens (tertiary/aromatic N) is 3. The molecular weight excluding hydrogens is 429 g/mol. The van der Waals surface area contributed by atoms with Gasteiger partial charge in [0.2, 0.25) is 0 Å². The van der Waals surface area contributed by atoms with Crippen LogP contribution < -0.4 is 0 Å². The Kier molecular flexibility index (Phi) is 4.96. The Bertz CT molecular complexity index is 1330. The van der Waals surface area contributed by atoms with Crippen molar-refractivity contribution in [3.8, 4) is 22.5 Å². The average Bonchev–Trinajstić information content (AvgIpc) is 3.43. The summed E-state index contributed by atoms with van der Waals surface area (Å²) in [7, 11) is 0. The quantitative estimate of drug-likeness (QED) is 0.435. The van der Waals surface area contributed by atoms with Gasteiger partial charge in [-0.1, -0.05) is 36.4 Å². The molecule has 1 amide bonds. The maximum absolute atomic E-state index is 13.3. The molecule has 33 heavy (non-hydrogen) atoms. The summed E-state index contributed by atoms with van der Waals surface area (Å²) in [5, 5.41) is 0.894. The number of aromatic nitrogens is 3. The third-order valence-electron chi connectivity index (χ3n) is 6.26. The number of benzene rings is 1. The van der Waals surface area contributed by atoms with E-state index in [0.29, 0.717) is 5.69 Å². The molecule has 1 aliphatic heterocycles. The largest absolute Gasteiger partial charge is 0.395 e. The fourth-order valence-electron chi connectivity index (χ4n) is 4.17. The summed E-state index contributed by atoms with van der Waals surface area (Å²) in [6.45, 7) is 0.853. The van der Waals surface area contributed by atoms with E-state index in [2.05, 4.69) is 15.0 Å². The number of pyridine rings is 2. The molecule has 0 bridgehead atoms. The first kappa shape index (κ1) is 21.2. The third kappa shape index (κ3) is 3.86. The summed E-state index contributed by atoms with van der Waals surface area (Å²) in [4.78, 5) is 26.4. The summed E-state index contributed by atoms with van der Waals surface area (Å²) < 4.78 is 40.0. The molecule has 1 fully saturated rings. The number of nitrogens with one attached hydrogen (secondary N) is 1. The first-order chi connectivity index (χ1) is 15.7. The Balaban J connectivity index is 1.42. The van der Waals surface area contributed by atoms with Crippen LogP contribution in [0.15, 0.2) is 66.9 Å². The molecule has 0 saturated carbocycles. The lowest BCUT2D eigenvalue weighted by molar-refractivity contribution is -0.212. The highest BCUT2D eigenvalue weighted by atomic mass is 19.4. The summed E-state index contributed by atoms with van der Waals surface area (Å²) in [6.07, 6.45) is -2.80. The van der Waals surface area contributed by atoms with Gasteiger partial charge in [0, 0.05) is 35.9 Å². The Morgan fingerprint density at radius 1 is 1.06 bits per heavy atom. The van der Waals surface area contributed by atoms with Crippen LogP contribution in [0.5, 0.6) is 0 Å². The van der Waals surface area contributed by atoms with E-state index < -0.39 is 17.5 Å². The van der Waals surface area contributed by atoms with Crippen molar-refractivity contribution in [2.24, 2.45) is 5.41 Å². The first-order valence-electron chi connectivity index (χ1n) is 10.6. The molecule has 3 aromatic heterocycles. The Labute approximate surface area is 188 Å². The summed E-state index contributed by atoms with van der Waals surface area (Å²) in [6, 6.07) is 18.8. The second kappa shape index (κ2) is 7.72. The van der Waals surface area contributed by atoms with Gasteiger partial charge in [0.05, 0.1) is 11.1 Å². The van der Waals surface area contributed by atoms with Gasteiger partial charge in [-0.15, -0.1) is 0 Å². The van der Waals surface area contributed by atoms with Crippen molar-refractivity contribution < 1.29 is 18.0 Å². The Hall–Kier alpha value is -3.68. The lowest BCUT2D eigenvalue weighted by Gasteiger charge is -2.27. The van der Waals surface area contributed by atoms with E-state index in [9.17, 15) is 18.0 Å². The highest BCUT2D eigenvalue weighted by molar-refractivity contribution is 5.93. The molecule has 4 aromatic rings. The fraction of sp³-hybridized carbons (Fsp3) is 0.240. The number of alkyl halides is 3. The molecule has 0 radical (unpaired) electrons. The van der Waals surface area contributed by atoms with E-state index >= 15 is 0 Å². The Morgan fingerprint density at radius 2 is 1.85 bits per heavy atom. The number of carbonyl (C=O) groups excluding carboxylic acids is 1. The van der Waals surface area contributed by atoms with Crippen molar-refractivity contribution in [1.29, 1.82) is 0 Å². The van der Waals surface area contributed by atoms with Gasteiger partial charge in [0.15, 0.2) is 0 Å². The summed E-state index contributed by atoms with van der Waals surface area (Å²) in [5.41, 5.74) is 2.20. The maximum atomic E-state index is 13.3. The number of amides is 1. The maximum Gasteiger partial charge on any atom is 0.395 e. The predicted octanol–water partition coefficient (Wildman–Crippen LogP) is 5.71. The van der Waals surface area contributed by atoms with E-state index in [1.165, 1.54) is 11.0 Å². The second-order valence-electron chi connectivity index (χ2n) is 8.65. The first-order valence-corrected chi connectivity index (χ1v) is 10.6. The number of fused-ring (bicyclic) bond motifs is 1. The van der Waals surface area contributed by atoms with Gasteiger partial charge in [-0.3, -0.25) is 4.79 Å². The second-order valence-corrected chi connectivity index (χ2v) is 8.65. The van der Waals surface area contributed by atoms with Crippen LogP contribution in [0.1, 0.15) is 23.8 Å². The van der Waals surface area contributed by atoms with Crippen LogP contribution in [0.2, 0.25) is 0 Å². The van der Waals surface area contributed by atoms with Crippen LogP contribution in [0.3, 0.4) is 0 Å². The molecular formula is C25H21F3N4O. The number of likely N-dealkylation sites (tertiary alicyclic amines) is 1. The number of hydrogen-bond acceptors (Lipinski definition) is 3. The minimum Gasteiger partial charge on any atom is -0.339 e. The molecule has 1 N–H and O–H groups in total. The molecule has 0 aliphatic carbocycles. The molecule has 0 spiro atoms. The van der Waals surface area contributed by atoms with Gasteiger partial charge in [0.25, 0.3) is 5.91 Å². The monoisotopic (exact) mass is 450 g/mol. The topological polar surface area (TPSA) is 61.9 Å². The molecule has 1 aliphatic rings. The van der Waals surface area contributed by atoms with Gasteiger partial charge in [-0.05, 0) is 43.2 Å². The third-order valence-corrected chi connectivity index (χ3v) is 6.26. The Morgan fingerprint density at radius 3 is 2.58 bits per heavy atom. The molecule has 168 valence electrons. The zero-order valence-corrected chi connectivity index (χ0v) is 17.9. The highest BCUT2D eigenvalue weighted by Crippen LogP contribution is 2.45. The highest BCUT2D eigenvalue weighted by Gasteiger charge is 2.55. The van der Waals surface area contributed by atoms with Crippen molar-refractivity contribution in [3.05, 3.63) is 72.6 Å². The van der Waals surface area contributed by atoms with Crippen LogP contribution in [0.25, 0.3) is 33.5 Å². The van der Waals surface area contributed by atoms with Crippen LogP contribution >= 0.6 is 0 Å². The summed E-state index contributed by atoms with van der Waals surface area (Å²) >= 11 is 0. The van der Waals surface area contributed by atoms with E-state index in [1.807, 2.05) is 42.5 Å². The van der Waals surface area contributed by atoms with Crippen LogP contribution in [0.4, 0.5) is 13.2 Å². The standard InChI is InChI=1S/C25H21F3N4O/c1-24(25(26,27)28)10-11-32(15-24)23(33)20-9-5-8-19(30-20)18-12-17-13-21(31-22(17)29-14-18)16-6-3-2-4-7-16/h2-9,12-14H,10-11,15H2,1H3,(H,29,31). The molecule has 8 heteroatoms. The van der Waals surface area contributed by atoms with E-state index in [1.54, 1.807) is 18.3 Å². The zero-order chi connectivity index (χ0) is 23.2. The molecule has 5 rings (SSSR count). The fourth-order valence-corrected chi connectivity index (χ4v) is 4.17. The lowest BCUT2D eigenvalue weighted by Crippen LogP contribution is -2.39. The number of halogens is 3. The van der Waals surface area contributed by atoms with E-state index in [4.69, 9.17) is 0 Å². The molecule has 1 atom stereocenters. The van der Waals surface area contributed by atoms with Crippen molar-refractivity contribution >= 4 is 16.9 Å². The number of H-pyrrole nitrogens is 1. The molecule has 1 aromatic carbocycles. The van der Waals surface area contributed by atoms with Crippen molar-refractivity contribution in [1.82, 2.24) is 19.9 Å². The van der Waals surface area contributed by atoms with E-state index in [0.717, 1.165) is 34.8 Å². The van der Waals surface area contributed by atoms with Gasteiger partial charge < -0.3 is 9.88 Å². The summed E-state index contributed by atoms with van der Waals surface area (Å²) in [5.74, 6) is -0.494. The van der Waals surface area contributed by atoms with Gasteiger partial charge in [0.1, 0.15) is 11.3 Å². The number of hydrogen-bond donors (Lipinski definition) is 1. The van der Waals surface area contributed by atoms with Crippen LogP contribution in [-0.4, -0.2) is 45.0 Å². The zero-order valence-electron chi connectivity index (χ0n) is 17.9. The smallest absolute Gasteiger partial charge is 0.339 e. The SMILES string of the molecule is CC1(C(F)(F)F)CCN(C(=O)c2cccc(-c3cnc4[nH]c(-c5ccccc5)cc4c3)n2)C1.